The number of nitrogens with zero attached hydrogens (tertiary/aromatic N) is 1. The highest BCUT2D eigenvalue weighted by molar-refractivity contribution is 7.80. The predicted octanol–water partition coefficient (Wildman–Crippen LogP) is 3.39. The van der Waals surface area contributed by atoms with E-state index in [0.717, 1.165) is 30.0 Å². The first-order chi connectivity index (χ1) is 12.5. The summed E-state index contributed by atoms with van der Waals surface area (Å²) in [6.45, 7) is 2.45. The lowest BCUT2D eigenvalue weighted by Gasteiger charge is -2.21. The number of ether oxygens (including phenoxy) is 2. The Kier molecular flexibility index (Phi) is 5.24. The van der Waals surface area contributed by atoms with Crippen molar-refractivity contribution >= 4 is 51.3 Å². The lowest BCUT2D eigenvalue weighted by molar-refractivity contribution is 0.0601. The normalized spacial score (nSPS) is 12.5. The van der Waals surface area contributed by atoms with Crippen LogP contribution in [0.1, 0.15) is 31.2 Å². The Morgan fingerprint density at radius 1 is 1.19 bits per heavy atom. The second kappa shape index (κ2) is 7.43. The molecule has 0 aliphatic carbocycles. The number of para-hydroxylation sites is 1. The minimum Gasteiger partial charge on any atom is -0.465 e. The lowest BCUT2D eigenvalue weighted by Crippen LogP contribution is -2.33. The van der Waals surface area contributed by atoms with Gasteiger partial charge in [-0.1, -0.05) is 18.2 Å². The zero-order chi connectivity index (χ0) is 18.8. The van der Waals surface area contributed by atoms with E-state index in [9.17, 15) is 9.59 Å². The van der Waals surface area contributed by atoms with Crippen molar-refractivity contribution in [2.75, 3.05) is 31.0 Å². The Labute approximate surface area is 160 Å². The number of methoxy groups -OCH3 is 2. The fraction of sp³-hybridized carbons (Fsp3) is 0.278. The summed E-state index contributed by atoms with van der Waals surface area (Å²) >= 11 is 6.68. The van der Waals surface area contributed by atoms with Gasteiger partial charge in [-0.2, -0.15) is 0 Å². The molecule has 2 aromatic rings. The van der Waals surface area contributed by atoms with Crippen LogP contribution in [0.4, 0.5) is 10.7 Å². The Bertz CT molecular complexity index is 891. The third kappa shape index (κ3) is 3.17. The van der Waals surface area contributed by atoms with Crippen molar-refractivity contribution in [3.8, 4) is 0 Å². The number of hydrogen-bond donors (Lipinski definition) is 1. The van der Waals surface area contributed by atoms with Gasteiger partial charge in [-0.3, -0.25) is 0 Å². The number of fused-ring (bicyclic) bond motifs is 1. The third-order valence-electron chi connectivity index (χ3n) is 4.26. The SMILES string of the molecule is COC(=O)c1sc(NC(=S)N2CCc3ccccc32)c(C(=O)OC)c1C. The van der Waals surface area contributed by atoms with Crippen LogP contribution in [0.2, 0.25) is 0 Å². The number of benzene rings is 1. The number of hydrogen-bond acceptors (Lipinski definition) is 6. The minimum atomic E-state index is -0.527. The fourth-order valence-corrected chi connectivity index (χ4v) is 4.42. The molecule has 26 heavy (non-hydrogen) atoms. The molecule has 1 aromatic carbocycles. The highest BCUT2D eigenvalue weighted by Gasteiger charge is 2.28. The van der Waals surface area contributed by atoms with E-state index < -0.39 is 11.9 Å². The van der Waals surface area contributed by atoms with Gasteiger partial charge < -0.3 is 19.7 Å². The van der Waals surface area contributed by atoms with Crippen LogP contribution in [-0.4, -0.2) is 37.8 Å². The summed E-state index contributed by atoms with van der Waals surface area (Å²) in [6.07, 6.45) is 0.902. The zero-order valence-corrected chi connectivity index (χ0v) is 16.3. The maximum absolute atomic E-state index is 12.2. The van der Waals surface area contributed by atoms with Crippen LogP contribution in [0.25, 0.3) is 0 Å². The summed E-state index contributed by atoms with van der Waals surface area (Å²) in [5.74, 6) is -1.02. The Balaban J connectivity index is 1.93. The molecule has 2 heterocycles. The van der Waals surface area contributed by atoms with Gasteiger partial charge >= 0.3 is 11.9 Å². The van der Waals surface area contributed by atoms with E-state index in [2.05, 4.69) is 11.4 Å². The summed E-state index contributed by atoms with van der Waals surface area (Å²) in [4.78, 5) is 26.5. The zero-order valence-electron chi connectivity index (χ0n) is 14.6. The first kappa shape index (κ1) is 18.3. The van der Waals surface area contributed by atoms with E-state index in [1.807, 2.05) is 23.1 Å². The van der Waals surface area contributed by atoms with E-state index in [4.69, 9.17) is 21.7 Å². The molecule has 0 saturated carbocycles. The van der Waals surface area contributed by atoms with Gasteiger partial charge in [-0.05, 0) is 42.8 Å². The molecule has 3 rings (SSSR count). The van der Waals surface area contributed by atoms with Crippen LogP contribution in [0.3, 0.4) is 0 Å². The van der Waals surface area contributed by atoms with E-state index in [1.54, 1.807) is 6.92 Å². The highest BCUT2D eigenvalue weighted by Crippen LogP contribution is 2.35. The van der Waals surface area contributed by atoms with Gasteiger partial charge in [0.15, 0.2) is 5.11 Å². The minimum absolute atomic E-state index is 0.299. The van der Waals surface area contributed by atoms with E-state index in [1.165, 1.54) is 19.8 Å². The number of carbonyl (C=O) groups excluding carboxylic acids is 2. The van der Waals surface area contributed by atoms with Gasteiger partial charge in [0.2, 0.25) is 0 Å². The van der Waals surface area contributed by atoms with Crippen LogP contribution in [-0.2, 0) is 15.9 Å². The molecule has 1 aromatic heterocycles. The van der Waals surface area contributed by atoms with Crippen LogP contribution < -0.4 is 10.2 Å². The number of thiophene rings is 1. The van der Waals surface area contributed by atoms with E-state index in [0.29, 0.717) is 26.1 Å². The molecular weight excluding hydrogens is 372 g/mol. The summed E-state index contributed by atoms with van der Waals surface area (Å²) < 4.78 is 9.66. The summed E-state index contributed by atoms with van der Waals surface area (Å²) in [7, 11) is 2.61. The molecule has 1 N–H and O–H groups in total. The van der Waals surface area contributed by atoms with Crippen LogP contribution in [0, 0.1) is 6.92 Å². The molecule has 136 valence electrons. The van der Waals surface area contributed by atoms with Crippen molar-refractivity contribution in [2.24, 2.45) is 0 Å². The number of esters is 2. The maximum Gasteiger partial charge on any atom is 0.348 e. The van der Waals surface area contributed by atoms with Crippen molar-refractivity contribution in [1.29, 1.82) is 0 Å². The monoisotopic (exact) mass is 390 g/mol. The van der Waals surface area contributed by atoms with Gasteiger partial charge in [0, 0.05) is 12.2 Å². The number of thiocarbonyl (C=S) groups is 1. The molecule has 0 fully saturated rings. The summed E-state index contributed by atoms with van der Waals surface area (Å²) in [5, 5.41) is 4.06. The van der Waals surface area contributed by atoms with Gasteiger partial charge in [0.25, 0.3) is 0 Å². The van der Waals surface area contributed by atoms with Crippen molar-refractivity contribution in [3.05, 3.63) is 45.8 Å². The van der Waals surface area contributed by atoms with Gasteiger partial charge in [-0.25, -0.2) is 9.59 Å². The quantitative estimate of drug-likeness (QED) is 0.636. The molecule has 6 nitrogen and oxygen atoms in total. The fourth-order valence-electron chi connectivity index (χ4n) is 2.95. The number of nitrogens with one attached hydrogen (secondary N) is 1. The van der Waals surface area contributed by atoms with Gasteiger partial charge in [0.1, 0.15) is 9.88 Å². The Morgan fingerprint density at radius 3 is 2.58 bits per heavy atom. The second-order valence-electron chi connectivity index (χ2n) is 5.70. The van der Waals surface area contributed by atoms with Crippen LogP contribution >= 0.6 is 23.6 Å². The molecule has 0 unspecified atom stereocenters. The average molecular weight is 390 g/mol. The van der Waals surface area contributed by atoms with Crippen molar-refractivity contribution in [3.63, 3.8) is 0 Å². The number of anilines is 2. The van der Waals surface area contributed by atoms with Crippen molar-refractivity contribution in [2.45, 2.75) is 13.3 Å². The molecule has 0 atom stereocenters. The van der Waals surface area contributed by atoms with Crippen LogP contribution in [0.15, 0.2) is 24.3 Å². The average Bonchev–Trinajstić information content (AvgIpc) is 3.22. The molecule has 0 bridgehead atoms. The van der Waals surface area contributed by atoms with Crippen molar-refractivity contribution < 1.29 is 19.1 Å². The molecule has 0 radical (unpaired) electrons. The Hall–Kier alpha value is -2.45. The highest BCUT2D eigenvalue weighted by atomic mass is 32.1. The predicted molar refractivity (Wildman–Crippen MR) is 105 cm³/mol. The standard InChI is InChI=1S/C18H18N2O4S2/c1-10-13(16(21)23-2)15(26-14(10)17(22)24-3)19-18(25)20-9-8-11-6-4-5-7-12(11)20/h4-7H,8-9H2,1-3H3,(H,19,25). The van der Waals surface area contributed by atoms with E-state index in [-0.39, 0.29) is 0 Å². The van der Waals surface area contributed by atoms with E-state index >= 15 is 0 Å². The topological polar surface area (TPSA) is 67.9 Å². The molecule has 1 aliphatic heterocycles. The number of rotatable bonds is 3. The smallest absolute Gasteiger partial charge is 0.348 e. The molecule has 8 heteroatoms. The third-order valence-corrected chi connectivity index (χ3v) is 5.77. The Morgan fingerprint density at radius 2 is 1.88 bits per heavy atom. The summed E-state index contributed by atoms with van der Waals surface area (Å²) in [6, 6.07) is 8.04. The molecule has 1 aliphatic rings. The van der Waals surface area contributed by atoms with Gasteiger partial charge in [0.05, 0.1) is 19.8 Å². The van der Waals surface area contributed by atoms with Crippen molar-refractivity contribution in [1.82, 2.24) is 0 Å². The molecule has 0 amide bonds. The first-order valence-corrected chi connectivity index (χ1v) is 9.16. The molecule has 0 spiro atoms. The number of carbonyl (C=O) groups is 2. The molecule has 0 saturated heterocycles. The molecular formula is C18H18N2O4S2. The maximum atomic E-state index is 12.2. The second-order valence-corrected chi connectivity index (χ2v) is 7.11. The largest absolute Gasteiger partial charge is 0.465 e. The lowest BCUT2D eigenvalue weighted by atomic mass is 10.1. The van der Waals surface area contributed by atoms with Crippen LogP contribution in [0.5, 0.6) is 0 Å². The summed E-state index contributed by atoms with van der Waals surface area (Å²) in [5.41, 5.74) is 3.09. The first-order valence-electron chi connectivity index (χ1n) is 7.94. The van der Waals surface area contributed by atoms with Gasteiger partial charge in [-0.15, -0.1) is 11.3 Å².